The Bertz CT molecular complexity index is 558. The zero-order valence-corrected chi connectivity index (χ0v) is 12.7. The molecule has 0 saturated carbocycles. The molecule has 0 aliphatic heterocycles. The molecule has 0 saturated heterocycles. The van der Waals surface area contributed by atoms with Gasteiger partial charge in [-0.25, -0.2) is 9.97 Å². The number of hydrogen-bond acceptors (Lipinski definition) is 5. The number of rotatable bonds is 7. The van der Waals surface area contributed by atoms with Crippen molar-refractivity contribution in [2.45, 2.75) is 19.4 Å². The average molecular weight is 287 g/mol. The molecule has 2 aromatic rings. The molecule has 0 spiro atoms. The van der Waals surface area contributed by atoms with Crippen LogP contribution >= 0.6 is 0 Å². The van der Waals surface area contributed by atoms with E-state index in [9.17, 15) is 0 Å². The van der Waals surface area contributed by atoms with Gasteiger partial charge in [0.2, 0.25) is 5.88 Å². The highest BCUT2D eigenvalue weighted by Gasteiger charge is 2.16. The van der Waals surface area contributed by atoms with Crippen molar-refractivity contribution in [3.8, 4) is 11.6 Å². The van der Waals surface area contributed by atoms with E-state index in [4.69, 9.17) is 9.47 Å². The van der Waals surface area contributed by atoms with E-state index in [-0.39, 0.29) is 6.04 Å². The van der Waals surface area contributed by atoms with E-state index in [1.165, 1.54) is 6.33 Å². The van der Waals surface area contributed by atoms with Gasteiger partial charge < -0.3 is 14.8 Å². The Morgan fingerprint density at radius 2 is 1.86 bits per heavy atom. The second-order valence-electron chi connectivity index (χ2n) is 4.65. The molecule has 0 amide bonds. The summed E-state index contributed by atoms with van der Waals surface area (Å²) in [7, 11) is 3.27. The lowest BCUT2D eigenvalue weighted by Gasteiger charge is -2.19. The fourth-order valence-corrected chi connectivity index (χ4v) is 2.10. The minimum absolute atomic E-state index is 0.00718. The molecule has 21 heavy (non-hydrogen) atoms. The van der Waals surface area contributed by atoms with Crippen molar-refractivity contribution >= 4 is 0 Å². The third-order valence-electron chi connectivity index (χ3n) is 3.22. The molecule has 5 nitrogen and oxygen atoms in total. The lowest BCUT2D eigenvalue weighted by molar-refractivity contribution is 0.394. The van der Waals surface area contributed by atoms with Gasteiger partial charge in [-0.05, 0) is 30.7 Å². The Labute approximate surface area is 125 Å². The quantitative estimate of drug-likeness (QED) is 0.848. The third-order valence-corrected chi connectivity index (χ3v) is 3.22. The van der Waals surface area contributed by atoms with Crippen molar-refractivity contribution in [2.24, 2.45) is 0 Å². The maximum absolute atomic E-state index is 5.21. The molecule has 1 unspecified atom stereocenters. The second-order valence-corrected chi connectivity index (χ2v) is 4.65. The number of benzene rings is 1. The summed E-state index contributed by atoms with van der Waals surface area (Å²) in [6.07, 6.45) is 2.58. The van der Waals surface area contributed by atoms with E-state index in [0.29, 0.717) is 5.88 Å². The van der Waals surface area contributed by atoms with Crippen molar-refractivity contribution < 1.29 is 9.47 Å². The molecule has 1 aromatic carbocycles. The normalized spacial score (nSPS) is 12.0. The highest BCUT2D eigenvalue weighted by atomic mass is 16.5. The number of nitrogens with one attached hydrogen (secondary N) is 1. The largest absolute Gasteiger partial charge is 0.497 e. The fraction of sp³-hybridized carbons (Fsp3) is 0.375. The molecule has 0 aliphatic carbocycles. The van der Waals surface area contributed by atoms with Crippen LogP contribution < -0.4 is 14.8 Å². The molecule has 5 heteroatoms. The summed E-state index contributed by atoms with van der Waals surface area (Å²) < 4.78 is 10.4. The highest BCUT2D eigenvalue weighted by Crippen LogP contribution is 2.24. The predicted molar refractivity (Wildman–Crippen MR) is 81.7 cm³/mol. The molecular formula is C16H21N3O2. The molecule has 0 radical (unpaired) electrons. The van der Waals surface area contributed by atoms with Gasteiger partial charge in [0.25, 0.3) is 0 Å². The van der Waals surface area contributed by atoms with Crippen LogP contribution in [-0.4, -0.2) is 30.7 Å². The Kier molecular flexibility index (Phi) is 5.51. The zero-order chi connectivity index (χ0) is 15.1. The van der Waals surface area contributed by atoms with Gasteiger partial charge in [-0.2, -0.15) is 0 Å². The van der Waals surface area contributed by atoms with Gasteiger partial charge in [-0.3, -0.25) is 0 Å². The maximum atomic E-state index is 5.21. The molecule has 1 N–H and O–H groups in total. The first-order chi connectivity index (χ1) is 10.3. The van der Waals surface area contributed by atoms with Crippen LogP contribution in [0.15, 0.2) is 36.7 Å². The van der Waals surface area contributed by atoms with Gasteiger partial charge in [0.05, 0.1) is 26.0 Å². The molecule has 0 fully saturated rings. The minimum Gasteiger partial charge on any atom is -0.497 e. The van der Waals surface area contributed by atoms with Crippen LogP contribution in [0.3, 0.4) is 0 Å². The molecule has 0 bridgehead atoms. The van der Waals surface area contributed by atoms with Crippen molar-refractivity contribution in [1.82, 2.24) is 15.3 Å². The van der Waals surface area contributed by atoms with Crippen LogP contribution in [0.4, 0.5) is 0 Å². The van der Waals surface area contributed by atoms with Crippen LogP contribution in [0.2, 0.25) is 0 Å². The Morgan fingerprint density at radius 1 is 1.10 bits per heavy atom. The second kappa shape index (κ2) is 7.59. The van der Waals surface area contributed by atoms with Crippen molar-refractivity contribution in [3.05, 3.63) is 47.9 Å². The van der Waals surface area contributed by atoms with E-state index in [2.05, 4.69) is 22.2 Å². The molecule has 1 heterocycles. The van der Waals surface area contributed by atoms with E-state index in [1.54, 1.807) is 14.2 Å². The smallest absolute Gasteiger partial charge is 0.216 e. The number of nitrogens with zero attached hydrogens (tertiary/aromatic N) is 2. The van der Waals surface area contributed by atoms with Crippen molar-refractivity contribution in [3.63, 3.8) is 0 Å². The first-order valence-corrected chi connectivity index (χ1v) is 7.01. The van der Waals surface area contributed by atoms with Gasteiger partial charge in [0, 0.05) is 6.07 Å². The van der Waals surface area contributed by atoms with Gasteiger partial charge in [0.15, 0.2) is 0 Å². The number of methoxy groups -OCH3 is 2. The third kappa shape index (κ3) is 3.92. The SMILES string of the molecule is CCCNC(c1ccc(OC)cc1)c1cc(OC)ncn1. The summed E-state index contributed by atoms with van der Waals surface area (Å²) in [5.74, 6) is 1.41. The maximum Gasteiger partial charge on any atom is 0.216 e. The highest BCUT2D eigenvalue weighted by molar-refractivity contribution is 5.34. The Morgan fingerprint density at radius 3 is 2.48 bits per heavy atom. The summed E-state index contributed by atoms with van der Waals surface area (Å²) in [6, 6.07) is 9.86. The monoisotopic (exact) mass is 287 g/mol. The molecule has 1 aromatic heterocycles. The number of hydrogen-bond donors (Lipinski definition) is 1. The van der Waals surface area contributed by atoms with Crippen LogP contribution in [0.25, 0.3) is 0 Å². The van der Waals surface area contributed by atoms with E-state index >= 15 is 0 Å². The minimum atomic E-state index is 0.00718. The lowest BCUT2D eigenvalue weighted by atomic mass is 10.0. The molecule has 1 atom stereocenters. The topological polar surface area (TPSA) is 56.3 Å². The van der Waals surface area contributed by atoms with Gasteiger partial charge in [-0.15, -0.1) is 0 Å². The molecule has 112 valence electrons. The predicted octanol–water partition coefficient (Wildman–Crippen LogP) is 2.58. The van der Waals surface area contributed by atoms with Crippen LogP contribution in [-0.2, 0) is 0 Å². The molecule has 0 aliphatic rings. The van der Waals surface area contributed by atoms with Gasteiger partial charge >= 0.3 is 0 Å². The van der Waals surface area contributed by atoms with Crippen LogP contribution in [0.1, 0.15) is 30.6 Å². The van der Waals surface area contributed by atoms with Gasteiger partial charge in [-0.1, -0.05) is 19.1 Å². The standard InChI is InChI=1S/C16H21N3O2/c1-4-9-17-16(12-5-7-13(20-2)8-6-12)14-10-15(21-3)19-11-18-14/h5-8,10-11,16-17H,4,9H2,1-3H3. The fourth-order valence-electron chi connectivity index (χ4n) is 2.10. The summed E-state index contributed by atoms with van der Waals surface area (Å²) in [5.41, 5.74) is 2.02. The van der Waals surface area contributed by atoms with E-state index in [1.807, 2.05) is 30.3 Å². The van der Waals surface area contributed by atoms with Crippen molar-refractivity contribution in [1.29, 1.82) is 0 Å². The molecular weight excluding hydrogens is 266 g/mol. The summed E-state index contributed by atoms with van der Waals surface area (Å²) >= 11 is 0. The van der Waals surface area contributed by atoms with E-state index < -0.39 is 0 Å². The zero-order valence-electron chi connectivity index (χ0n) is 12.7. The van der Waals surface area contributed by atoms with Crippen LogP contribution in [0, 0.1) is 0 Å². The summed E-state index contributed by atoms with van der Waals surface area (Å²) in [4.78, 5) is 8.44. The van der Waals surface area contributed by atoms with E-state index in [0.717, 1.165) is 30.0 Å². The Balaban J connectivity index is 2.31. The first kappa shape index (κ1) is 15.3. The first-order valence-electron chi connectivity index (χ1n) is 7.01. The van der Waals surface area contributed by atoms with Crippen molar-refractivity contribution in [2.75, 3.05) is 20.8 Å². The lowest BCUT2D eigenvalue weighted by Crippen LogP contribution is -2.24. The average Bonchev–Trinajstić information content (AvgIpc) is 2.56. The van der Waals surface area contributed by atoms with Crippen LogP contribution in [0.5, 0.6) is 11.6 Å². The summed E-state index contributed by atoms with van der Waals surface area (Å²) in [5, 5.41) is 3.50. The summed E-state index contributed by atoms with van der Waals surface area (Å²) in [6.45, 7) is 3.04. The van der Waals surface area contributed by atoms with Gasteiger partial charge in [0.1, 0.15) is 12.1 Å². The Hall–Kier alpha value is -2.14. The molecule has 2 rings (SSSR count). The number of aromatic nitrogens is 2. The number of ether oxygens (including phenoxy) is 2.